The number of nitrogens with one attached hydrogen (secondary N) is 3. The molecule has 0 spiro atoms. The Bertz CT molecular complexity index is 1280. The van der Waals surface area contributed by atoms with Gasteiger partial charge >= 0.3 is 18.2 Å². The maximum atomic E-state index is 13.6. The summed E-state index contributed by atoms with van der Waals surface area (Å²) < 4.78 is 71.9. The summed E-state index contributed by atoms with van der Waals surface area (Å²) in [6.07, 6.45) is -3.87. The van der Waals surface area contributed by atoms with E-state index in [9.17, 15) is 31.2 Å². The molecule has 8 nitrogen and oxygen atoms in total. The number of esters is 1. The molecule has 33 heavy (non-hydrogen) atoms. The fraction of sp³-hybridized carbons (Fsp3) is 0.238. The second-order valence-electron chi connectivity index (χ2n) is 7.10. The number of aryl methyl sites for hydroxylation is 1. The molecule has 2 aromatic carbocycles. The van der Waals surface area contributed by atoms with Crippen molar-refractivity contribution in [1.29, 1.82) is 0 Å². The number of ether oxygens (including phenoxy) is 1. The second kappa shape index (κ2) is 9.14. The normalized spacial score (nSPS) is 12.9. The number of hydrogen-bond donors (Lipinski definition) is 3. The Morgan fingerprint density at radius 1 is 1.12 bits per heavy atom. The highest BCUT2D eigenvalue weighted by molar-refractivity contribution is 7.90. The molecule has 176 valence electrons. The van der Waals surface area contributed by atoms with Gasteiger partial charge in [-0.15, -0.1) is 0 Å². The molecule has 1 atom stereocenters. The molecule has 3 aromatic rings. The molecule has 2 amide bonds. The standard InChI is InChI=1S/C21H20F3N3O5S/c1-3-32-19(28)18(21(22,23)24)16-11-25-17-9-6-13(10-15(16)17)26-20(29)27-33(30,31)14-7-4-12(2)5-8-14/h4-11,18,25H,3H2,1-2H3,(H2,26,27,29). The smallest absolute Gasteiger partial charge is 0.406 e. The van der Waals surface area contributed by atoms with Crippen molar-refractivity contribution in [2.45, 2.75) is 30.8 Å². The third-order valence-electron chi connectivity index (χ3n) is 4.69. The number of anilines is 1. The summed E-state index contributed by atoms with van der Waals surface area (Å²) in [6, 6.07) is 8.64. The number of amides is 2. The number of aromatic nitrogens is 1. The first-order chi connectivity index (χ1) is 15.4. The minimum atomic E-state index is -4.91. The highest BCUT2D eigenvalue weighted by Gasteiger charge is 2.48. The van der Waals surface area contributed by atoms with E-state index < -0.39 is 34.1 Å². The van der Waals surface area contributed by atoms with Gasteiger partial charge in [0.1, 0.15) is 0 Å². The number of urea groups is 1. The number of halogens is 3. The number of carbonyl (C=O) groups excluding carboxylic acids is 2. The molecule has 12 heteroatoms. The molecule has 1 heterocycles. The van der Waals surface area contributed by atoms with Gasteiger partial charge < -0.3 is 15.0 Å². The first-order valence-electron chi connectivity index (χ1n) is 9.67. The van der Waals surface area contributed by atoms with E-state index in [-0.39, 0.29) is 33.7 Å². The number of aromatic amines is 1. The van der Waals surface area contributed by atoms with Gasteiger partial charge in [-0.25, -0.2) is 17.9 Å². The zero-order chi connectivity index (χ0) is 24.4. The lowest BCUT2D eigenvalue weighted by atomic mass is 9.97. The van der Waals surface area contributed by atoms with Gasteiger partial charge in [0, 0.05) is 28.4 Å². The van der Waals surface area contributed by atoms with Gasteiger partial charge in [0.05, 0.1) is 11.5 Å². The molecular formula is C21H20F3N3O5S. The highest BCUT2D eigenvalue weighted by Crippen LogP contribution is 2.39. The number of rotatable bonds is 6. The molecule has 0 aliphatic carbocycles. The number of hydrogen-bond acceptors (Lipinski definition) is 5. The lowest BCUT2D eigenvalue weighted by molar-refractivity contribution is -0.180. The van der Waals surface area contributed by atoms with Crippen LogP contribution in [-0.2, 0) is 19.6 Å². The number of carbonyl (C=O) groups is 2. The van der Waals surface area contributed by atoms with Crippen molar-refractivity contribution < 1.29 is 35.9 Å². The number of H-pyrrole nitrogens is 1. The molecule has 3 rings (SSSR count). The number of sulfonamides is 1. The van der Waals surface area contributed by atoms with Gasteiger partial charge in [0.25, 0.3) is 10.0 Å². The first kappa shape index (κ1) is 24.1. The molecule has 3 N–H and O–H groups in total. The van der Waals surface area contributed by atoms with Crippen molar-refractivity contribution in [2.75, 3.05) is 11.9 Å². The van der Waals surface area contributed by atoms with Crippen LogP contribution in [0.15, 0.2) is 53.6 Å². The Morgan fingerprint density at radius 3 is 2.39 bits per heavy atom. The SMILES string of the molecule is CCOC(=O)C(c1c[nH]c2ccc(NC(=O)NS(=O)(=O)c3ccc(C)cc3)cc12)C(F)(F)F. The first-order valence-corrected chi connectivity index (χ1v) is 11.2. The highest BCUT2D eigenvalue weighted by atomic mass is 32.2. The average Bonchev–Trinajstić information content (AvgIpc) is 3.10. The zero-order valence-corrected chi connectivity index (χ0v) is 18.3. The molecule has 0 aliphatic heterocycles. The van der Waals surface area contributed by atoms with Crippen molar-refractivity contribution in [3.8, 4) is 0 Å². The van der Waals surface area contributed by atoms with Gasteiger partial charge in [-0.3, -0.25) is 4.79 Å². The predicted molar refractivity (Wildman–Crippen MR) is 114 cm³/mol. The largest absolute Gasteiger partial charge is 0.465 e. The molecule has 1 aromatic heterocycles. The maximum Gasteiger partial charge on any atom is 0.406 e. The van der Waals surface area contributed by atoms with Gasteiger partial charge in [-0.1, -0.05) is 17.7 Å². The van der Waals surface area contributed by atoms with E-state index in [0.717, 1.165) is 11.8 Å². The number of fused-ring (bicyclic) bond motifs is 1. The van der Waals surface area contributed by atoms with Crippen LogP contribution in [0.2, 0.25) is 0 Å². The van der Waals surface area contributed by atoms with Crippen LogP contribution < -0.4 is 10.0 Å². The van der Waals surface area contributed by atoms with E-state index in [0.29, 0.717) is 0 Å². The van der Waals surface area contributed by atoms with E-state index in [4.69, 9.17) is 0 Å². The van der Waals surface area contributed by atoms with Crippen LogP contribution in [0.4, 0.5) is 23.7 Å². The Hall–Kier alpha value is -3.54. The van der Waals surface area contributed by atoms with E-state index >= 15 is 0 Å². The molecule has 0 radical (unpaired) electrons. The molecule has 0 saturated carbocycles. The van der Waals surface area contributed by atoms with Crippen LogP contribution in [0.5, 0.6) is 0 Å². The van der Waals surface area contributed by atoms with Crippen molar-refractivity contribution in [3.63, 3.8) is 0 Å². The van der Waals surface area contributed by atoms with Crippen molar-refractivity contribution in [3.05, 3.63) is 59.8 Å². The van der Waals surface area contributed by atoms with E-state index in [1.54, 1.807) is 19.1 Å². The summed E-state index contributed by atoms with van der Waals surface area (Å²) >= 11 is 0. The molecule has 0 saturated heterocycles. The molecule has 1 unspecified atom stereocenters. The Morgan fingerprint density at radius 2 is 1.79 bits per heavy atom. The Balaban J connectivity index is 1.87. The lowest BCUT2D eigenvalue weighted by Crippen LogP contribution is -2.34. The maximum absolute atomic E-state index is 13.6. The monoisotopic (exact) mass is 483 g/mol. The predicted octanol–water partition coefficient (Wildman–Crippen LogP) is 4.20. The molecule has 0 bridgehead atoms. The van der Waals surface area contributed by atoms with Crippen LogP contribution in [-0.4, -0.2) is 38.2 Å². The van der Waals surface area contributed by atoms with Gasteiger partial charge in [-0.2, -0.15) is 13.2 Å². The summed E-state index contributed by atoms with van der Waals surface area (Å²) in [4.78, 5) is 26.8. The third kappa shape index (κ3) is 5.45. The summed E-state index contributed by atoms with van der Waals surface area (Å²) in [5, 5.41) is 2.30. The summed E-state index contributed by atoms with van der Waals surface area (Å²) in [7, 11) is -4.16. The molecule has 0 fully saturated rings. The van der Waals surface area contributed by atoms with Crippen LogP contribution in [0.1, 0.15) is 24.0 Å². The lowest BCUT2D eigenvalue weighted by Gasteiger charge is -2.18. The summed E-state index contributed by atoms with van der Waals surface area (Å²) in [5.74, 6) is -3.98. The van der Waals surface area contributed by atoms with Crippen LogP contribution in [0, 0.1) is 6.92 Å². The fourth-order valence-corrected chi connectivity index (χ4v) is 4.08. The van der Waals surface area contributed by atoms with E-state index in [1.807, 2.05) is 4.72 Å². The third-order valence-corrected chi connectivity index (χ3v) is 6.04. The van der Waals surface area contributed by atoms with Crippen molar-refractivity contribution >= 4 is 38.6 Å². The van der Waals surface area contributed by atoms with Gasteiger partial charge in [-0.05, 0) is 44.2 Å². The quantitative estimate of drug-likeness (QED) is 0.455. The van der Waals surface area contributed by atoms with Crippen molar-refractivity contribution in [2.24, 2.45) is 0 Å². The van der Waals surface area contributed by atoms with Crippen LogP contribution >= 0.6 is 0 Å². The molecule has 0 aliphatic rings. The zero-order valence-electron chi connectivity index (χ0n) is 17.5. The number of benzene rings is 2. The minimum Gasteiger partial charge on any atom is -0.465 e. The Kier molecular flexibility index (Phi) is 6.68. The number of alkyl halides is 3. The van der Waals surface area contributed by atoms with E-state index in [2.05, 4.69) is 15.0 Å². The fourth-order valence-electron chi connectivity index (χ4n) is 3.18. The van der Waals surface area contributed by atoms with Gasteiger partial charge in [0.2, 0.25) is 0 Å². The molecular weight excluding hydrogens is 463 g/mol. The summed E-state index contributed by atoms with van der Waals surface area (Å²) in [5.41, 5.74) is 0.743. The minimum absolute atomic E-state index is 0.0181. The Labute approximate surface area is 187 Å². The van der Waals surface area contributed by atoms with Crippen LogP contribution in [0.25, 0.3) is 10.9 Å². The summed E-state index contributed by atoms with van der Waals surface area (Å²) in [6.45, 7) is 2.94. The second-order valence-corrected chi connectivity index (χ2v) is 8.79. The van der Waals surface area contributed by atoms with E-state index in [1.165, 1.54) is 37.3 Å². The van der Waals surface area contributed by atoms with Gasteiger partial charge in [0.15, 0.2) is 5.92 Å². The average molecular weight is 483 g/mol. The topological polar surface area (TPSA) is 117 Å². The van der Waals surface area contributed by atoms with Crippen LogP contribution in [0.3, 0.4) is 0 Å². The van der Waals surface area contributed by atoms with Crippen molar-refractivity contribution in [1.82, 2.24) is 9.71 Å².